The first-order valence-electron chi connectivity index (χ1n) is 6.93. The lowest BCUT2D eigenvalue weighted by Crippen LogP contribution is -2.31. The molecular weight excluding hydrogens is 337 g/mol. The van der Waals surface area contributed by atoms with Crippen LogP contribution in [-0.4, -0.2) is 48.0 Å². The molecule has 0 radical (unpaired) electrons. The molecule has 0 aliphatic rings. The minimum absolute atomic E-state index is 0.250. The number of benzene rings is 1. The predicted octanol–water partition coefficient (Wildman–Crippen LogP) is 2.82. The molecule has 0 saturated heterocycles. The monoisotopic (exact) mass is 353 g/mol. The van der Waals surface area contributed by atoms with Gasteiger partial charge in [-0.3, -0.25) is 4.79 Å². The average molecular weight is 354 g/mol. The normalized spacial score (nSPS) is 10.7. The highest BCUT2D eigenvalue weighted by atomic mass is 35.5. The Morgan fingerprint density at radius 3 is 2.57 bits per heavy atom. The Bertz CT molecular complexity index is 676. The Kier molecular flexibility index (Phi) is 6.15. The average Bonchev–Trinajstić information content (AvgIpc) is 2.51. The third-order valence-electron chi connectivity index (χ3n) is 2.92. The summed E-state index contributed by atoms with van der Waals surface area (Å²) < 4.78 is 0. The predicted molar refractivity (Wildman–Crippen MR) is 92.7 cm³/mol. The minimum Gasteiger partial charge on any atom is -0.349 e. The molecule has 1 aromatic carbocycles. The van der Waals surface area contributed by atoms with Crippen LogP contribution in [0.5, 0.6) is 0 Å². The van der Waals surface area contributed by atoms with E-state index in [1.54, 1.807) is 18.2 Å². The molecule has 0 atom stereocenters. The number of aromatic nitrogens is 2. The van der Waals surface area contributed by atoms with E-state index in [0.717, 1.165) is 12.2 Å². The lowest BCUT2D eigenvalue weighted by molar-refractivity contribution is 0.0945. The van der Waals surface area contributed by atoms with Crippen LogP contribution in [-0.2, 0) is 0 Å². The Morgan fingerprint density at radius 1 is 1.17 bits per heavy atom. The molecular formula is C15H17Cl2N5O. The van der Waals surface area contributed by atoms with Crippen LogP contribution in [0, 0.1) is 0 Å². The quantitative estimate of drug-likeness (QED) is 0.835. The SMILES string of the molecule is CN(C)CCNC(=O)c1cnc(Nc2ccc(Cl)c(Cl)c2)cn1. The van der Waals surface area contributed by atoms with Crippen LogP contribution >= 0.6 is 23.2 Å². The largest absolute Gasteiger partial charge is 0.349 e. The van der Waals surface area contributed by atoms with Crippen LogP contribution < -0.4 is 10.6 Å². The van der Waals surface area contributed by atoms with E-state index in [9.17, 15) is 4.79 Å². The number of carbonyl (C=O) groups is 1. The van der Waals surface area contributed by atoms with Crippen LogP contribution in [0.1, 0.15) is 10.5 Å². The number of anilines is 2. The zero-order chi connectivity index (χ0) is 16.8. The van der Waals surface area contributed by atoms with Gasteiger partial charge in [0.1, 0.15) is 11.5 Å². The van der Waals surface area contributed by atoms with E-state index in [-0.39, 0.29) is 11.6 Å². The lowest BCUT2D eigenvalue weighted by Gasteiger charge is -2.10. The molecule has 2 N–H and O–H groups in total. The van der Waals surface area contributed by atoms with Crippen LogP contribution in [0.4, 0.5) is 11.5 Å². The van der Waals surface area contributed by atoms with Crippen molar-refractivity contribution in [2.45, 2.75) is 0 Å². The van der Waals surface area contributed by atoms with Gasteiger partial charge in [-0.2, -0.15) is 0 Å². The smallest absolute Gasteiger partial charge is 0.271 e. The van der Waals surface area contributed by atoms with Gasteiger partial charge in [0.15, 0.2) is 0 Å². The van der Waals surface area contributed by atoms with Crippen molar-refractivity contribution in [3.63, 3.8) is 0 Å². The second kappa shape index (κ2) is 8.10. The molecule has 1 amide bonds. The molecule has 0 unspecified atom stereocenters. The maximum atomic E-state index is 11.9. The van der Waals surface area contributed by atoms with Crippen LogP contribution in [0.2, 0.25) is 10.0 Å². The fourth-order valence-corrected chi connectivity index (χ4v) is 2.01. The van der Waals surface area contributed by atoms with E-state index in [4.69, 9.17) is 23.2 Å². The molecule has 2 aromatic rings. The second-order valence-electron chi connectivity index (χ2n) is 5.10. The highest BCUT2D eigenvalue weighted by molar-refractivity contribution is 6.42. The summed E-state index contributed by atoms with van der Waals surface area (Å²) >= 11 is 11.8. The maximum Gasteiger partial charge on any atom is 0.271 e. The first kappa shape index (κ1) is 17.5. The molecule has 122 valence electrons. The van der Waals surface area contributed by atoms with Crippen molar-refractivity contribution >= 4 is 40.6 Å². The topological polar surface area (TPSA) is 70.2 Å². The number of hydrogen-bond acceptors (Lipinski definition) is 5. The van der Waals surface area contributed by atoms with Crippen molar-refractivity contribution in [3.8, 4) is 0 Å². The molecule has 0 spiro atoms. The van der Waals surface area contributed by atoms with E-state index < -0.39 is 0 Å². The van der Waals surface area contributed by atoms with E-state index in [1.165, 1.54) is 12.4 Å². The number of hydrogen-bond donors (Lipinski definition) is 2. The van der Waals surface area contributed by atoms with E-state index in [0.29, 0.717) is 22.4 Å². The standard InChI is InChI=1S/C15H17Cl2N5O/c1-22(2)6-5-18-15(23)13-8-20-14(9-19-13)21-10-3-4-11(16)12(17)7-10/h3-4,7-9H,5-6H2,1-2H3,(H,18,23)(H,20,21). The number of nitrogens with one attached hydrogen (secondary N) is 2. The molecule has 0 bridgehead atoms. The molecule has 23 heavy (non-hydrogen) atoms. The van der Waals surface area contributed by atoms with Gasteiger partial charge in [-0.05, 0) is 32.3 Å². The summed E-state index contributed by atoms with van der Waals surface area (Å²) in [6.45, 7) is 1.31. The summed E-state index contributed by atoms with van der Waals surface area (Å²) in [6.07, 6.45) is 2.91. The zero-order valence-corrected chi connectivity index (χ0v) is 14.3. The molecule has 8 heteroatoms. The molecule has 2 rings (SSSR count). The zero-order valence-electron chi connectivity index (χ0n) is 12.8. The van der Waals surface area contributed by atoms with Crippen molar-refractivity contribution in [1.82, 2.24) is 20.2 Å². The van der Waals surface area contributed by atoms with Gasteiger partial charge < -0.3 is 15.5 Å². The Labute approximate surface area is 144 Å². The highest BCUT2D eigenvalue weighted by Crippen LogP contribution is 2.26. The highest BCUT2D eigenvalue weighted by Gasteiger charge is 2.08. The Balaban J connectivity index is 1.96. The van der Waals surface area contributed by atoms with Gasteiger partial charge in [0.2, 0.25) is 0 Å². The second-order valence-corrected chi connectivity index (χ2v) is 5.91. The van der Waals surface area contributed by atoms with Gasteiger partial charge in [-0.25, -0.2) is 9.97 Å². The van der Waals surface area contributed by atoms with Crippen LogP contribution in [0.15, 0.2) is 30.6 Å². The van der Waals surface area contributed by atoms with Gasteiger partial charge in [0, 0.05) is 18.8 Å². The van der Waals surface area contributed by atoms with E-state index in [2.05, 4.69) is 20.6 Å². The van der Waals surface area contributed by atoms with Crippen molar-refractivity contribution < 1.29 is 4.79 Å². The lowest BCUT2D eigenvalue weighted by atomic mass is 10.3. The number of likely N-dealkylation sites (N-methyl/N-ethyl adjacent to an activating group) is 1. The summed E-state index contributed by atoms with van der Waals surface area (Å²) in [6, 6.07) is 5.15. The number of rotatable bonds is 6. The van der Waals surface area contributed by atoms with Crippen LogP contribution in [0.3, 0.4) is 0 Å². The first-order chi connectivity index (χ1) is 11.0. The Hall–Kier alpha value is -1.89. The summed E-state index contributed by atoms with van der Waals surface area (Å²) in [5, 5.41) is 6.74. The number of nitrogens with zero attached hydrogens (tertiary/aromatic N) is 3. The van der Waals surface area contributed by atoms with Crippen molar-refractivity contribution in [3.05, 3.63) is 46.3 Å². The van der Waals surface area contributed by atoms with Crippen LogP contribution in [0.25, 0.3) is 0 Å². The summed E-state index contributed by atoms with van der Waals surface area (Å²) in [4.78, 5) is 22.1. The number of halogens is 2. The fourth-order valence-electron chi connectivity index (χ4n) is 1.72. The van der Waals surface area contributed by atoms with Crippen molar-refractivity contribution in [2.24, 2.45) is 0 Å². The Morgan fingerprint density at radius 2 is 1.96 bits per heavy atom. The van der Waals surface area contributed by atoms with Gasteiger partial charge in [0.25, 0.3) is 5.91 Å². The molecule has 0 aliphatic heterocycles. The van der Waals surface area contributed by atoms with Gasteiger partial charge >= 0.3 is 0 Å². The minimum atomic E-state index is -0.250. The molecule has 6 nitrogen and oxygen atoms in total. The maximum absolute atomic E-state index is 11.9. The fraction of sp³-hybridized carbons (Fsp3) is 0.267. The van der Waals surface area contributed by atoms with Gasteiger partial charge in [0.05, 0.1) is 22.4 Å². The third kappa shape index (κ3) is 5.35. The molecule has 1 aromatic heterocycles. The van der Waals surface area contributed by atoms with Gasteiger partial charge in [-0.15, -0.1) is 0 Å². The summed E-state index contributed by atoms with van der Waals surface area (Å²) in [5.74, 6) is 0.258. The molecule has 0 saturated carbocycles. The number of carbonyl (C=O) groups excluding carboxylic acids is 1. The van der Waals surface area contributed by atoms with Gasteiger partial charge in [-0.1, -0.05) is 23.2 Å². The van der Waals surface area contributed by atoms with E-state index >= 15 is 0 Å². The summed E-state index contributed by atoms with van der Waals surface area (Å²) in [7, 11) is 3.88. The molecule has 0 aliphatic carbocycles. The molecule has 1 heterocycles. The third-order valence-corrected chi connectivity index (χ3v) is 3.66. The molecule has 0 fully saturated rings. The first-order valence-corrected chi connectivity index (χ1v) is 7.68. The summed E-state index contributed by atoms with van der Waals surface area (Å²) in [5.41, 5.74) is 1.00. The number of amides is 1. The van der Waals surface area contributed by atoms with Crippen molar-refractivity contribution in [1.29, 1.82) is 0 Å². The van der Waals surface area contributed by atoms with E-state index in [1.807, 2.05) is 19.0 Å². The van der Waals surface area contributed by atoms with Crippen molar-refractivity contribution in [2.75, 3.05) is 32.5 Å².